The van der Waals surface area contributed by atoms with E-state index in [0.29, 0.717) is 11.3 Å². The van der Waals surface area contributed by atoms with Crippen molar-refractivity contribution in [1.82, 2.24) is 10.1 Å². The molecule has 0 aliphatic rings. The number of fused-ring (bicyclic) bond motifs is 1. The summed E-state index contributed by atoms with van der Waals surface area (Å²) in [4.78, 5) is 27.7. The minimum atomic E-state index is -0.964. The lowest BCUT2D eigenvalue weighted by molar-refractivity contribution is -0.123. The summed E-state index contributed by atoms with van der Waals surface area (Å²) in [6, 6.07) is 6.85. The van der Waals surface area contributed by atoms with Crippen LogP contribution in [-0.4, -0.2) is 28.1 Å². The zero-order chi connectivity index (χ0) is 18.1. The molecule has 2 heterocycles. The monoisotopic (exact) mass is 341 g/mol. The molecule has 130 valence electrons. The number of aryl methyl sites for hydroxylation is 3. The number of nitrogens with one attached hydrogen (secondary N) is 2. The molecule has 7 heteroatoms. The van der Waals surface area contributed by atoms with Crippen molar-refractivity contribution in [3.63, 3.8) is 0 Å². The van der Waals surface area contributed by atoms with Crippen LogP contribution in [-0.2, 0) is 9.53 Å². The number of amides is 1. The summed E-state index contributed by atoms with van der Waals surface area (Å²) < 4.78 is 10.1. The van der Waals surface area contributed by atoms with Crippen LogP contribution in [0.4, 0.5) is 5.82 Å². The molecule has 2 aromatic heterocycles. The predicted molar refractivity (Wildman–Crippen MR) is 92.5 cm³/mol. The summed E-state index contributed by atoms with van der Waals surface area (Å²) in [6.07, 6.45) is -0.964. The van der Waals surface area contributed by atoms with Crippen LogP contribution in [0.15, 0.2) is 28.8 Å². The van der Waals surface area contributed by atoms with Gasteiger partial charge in [-0.15, -0.1) is 0 Å². The van der Waals surface area contributed by atoms with Crippen molar-refractivity contribution in [2.45, 2.75) is 33.8 Å². The zero-order valence-corrected chi connectivity index (χ0v) is 14.5. The molecule has 0 saturated heterocycles. The molecular formula is C18H19N3O4. The summed E-state index contributed by atoms with van der Waals surface area (Å²) in [5, 5.41) is 7.17. The van der Waals surface area contributed by atoms with E-state index in [-0.39, 0.29) is 5.82 Å². The maximum atomic E-state index is 12.3. The number of H-pyrrole nitrogens is 1. The number of nitrogens with zero attached hydrogens (tertiary/aromatic N) is 1. The van der Waals surface area contributed by atoms with Gasteiger partial charge in [0.2, 0.25) is 0 Å². The Hall–Kier alpha value is -3.09. The van der Waals surface area contributed by atoms with Gasteiger partial charge in [0, 0.05) is 22.7 Å². The molecule has 3 aromatic rings. The van der Waals surface area contributed by atoms with Crippen molar-refractivity contribution in [1.29, 1.82) is 0 Å². The van der Waals surface area contributed by atoms with Crippen LogP contribution in [0.5, 0.6) is 0 Å². The van der Waals surface area contributed by atoms with Crippen LogP contribution in [0.3, 0.4) is 0 Å². The van der Waals surface area contributed by atoms with Gasteiger partial charge in [0.05, 0.1) is 5.56 Å². The SMILES string of the molecule is Cc1cc(NC(=O)[C@@H](C)OC(=O)c2ccc3[nH]c(C)c(C)c3c2)no1. The maximum Gasteiger partial charge on any atom is 0.338 e. The third kappa shape index (κ3) is 3.40. The first-order chi connectivity index (χ1) is 11.8. The van der Waals surface area contributed by atoms with Gasteiger partial charge in [-0.25, -0.2) is 4.79 Å². The highest BCUT2D eigenvalue weighted by Gasteiger charge is 2.20. The molecule has 0 fully saturated rings. The molecule has 0 bridgehead atoms. The summed E-state index contributed by atoms with van der Waals surface area (Å²) in [7, 11) is 0. The van der Waals surface area contributed by atoms with E-state index in [2.05, 4.69) is 15.5 Å². The molecule has 1 aromatic carbocycles. The molecule has 1 amide bonds. The normalized spacial score (nSPS) is 12.2. The summed E-state index contributed by atoms with van der Waals surface area (Å²) >= 11 is 0. The summed E-state index contributed by atoms with van der Waals surface area (Å²) in [5.74, 6) is -0.175. The highest BCUT2D eigenvalue weighted by Crippen LogP contribution is 2.23. The van der Waals surface area contributed by atoms with Gasteiger partial charge in [-0.1, -0.05) is 5.16 Å². The van der Waals surface area contributed by atoms with Crippen LogP contribution >= 0.6 is 0 Å². The average Bonchev–Trinajstić information content (AvgIpc) is 3.10. The van der Waals surface area contributed by atoms with Gasteiger partial charge in [0.1, 0.15) is 5.76 Å². The first-order valence-corrected chi connectivity index (χ1v) is 7.89. The lowest BCUT2D eigenvalue weighted by Crippen LogP contribution is -2.30. The number of ether oxygens (including phenoxy) is 1. The molecule has 0 saturated carbocycles. The Labute approximate surface area is 144 Å². The van der Waals surface area contributed by atoms with E-state index in [0.717, 1.165) is 22.2 Å². The van der Waals surface area contributed by atoms with Crippen LogP contribution in [0, 0.1) is 20.8 Å². The third-order valence-electron chi connectivity index (χ3n) is 4.08. The first kappa shape index (κ1) is 16.8. The van der Waals surface area contributed by atoms with E-state index >= 15 is 0 Å². The highest BCUT2D eigenvalue weighted by molar-refractivity contribution is 5.99. The van der Waals surface area contributed by atoms with Crippen molar-refractivity contribution in [2.24, 2.45) is 0 Å². The molecule has 2 N–H and O–H groups in total. The van der Waals surface area contributed by atoms with Crippen molar-refractivity contribution < 1.29 is 18.8 Å². The van der Waals surface area contributed by atoms with Gasteiger partial charge >= 0.3 is 5.97 Å². The zero-order valence-electron chi connectivity index (χ0n) is 14.5. The van der Waals surface area contributed by atoms with Crippen LogP contribution < -0.4 is 5.32 Å². The second kappa shape index (κ2) is 6.43. The van der Waals surface area contributed by atoms with Gasteiger partial charge in [-0.3, -0.25) is 4.79 Å². The number of carbonyl (C=O) groups excluding carboxylic acids is 2. The lowest BCUT2D eigenvalue weighted by atomic mass is 10.1. The summed E-state index contributed by atoms with van der Waals surface area (Å²) in [5.41, 5.74) is 3.48. The molecule has 0 radical (unpaired) electrons. The van der Waals surface area contributed by atoms with Gasteiger partial charge in [-0.2, -0.15) is 0 Å². The quantitative estimate of drug-likeness (QED) is 0.710. The number of esters is 1. The number of rotatable bonds is 4. The number of hydrogen-bond acceptors (Lipinski definition) is 5. The Bertz CT molecular complexity index is 955. The van der Waals surface area contributed by atoms with E-state index in [4.69, 9.17) is 9.26 Å². The molecule has 7 nitrogen and oxygen atoms in total. The molecule has 0 spiro atoms. The fourth-order valence-electron chi connectivity index (χ4n) is 2.52. The topological polar surface area (TPSA) is 97.2 Å². The number of carbonyl (C=O) groups is 2. The van der Waals surface area contributed by atoms with Crippen LogP contribution in [0.1, 0.15) is 34.3 Å². The largest absolute Gasteiger partial charge is 0.449 e. The number of aromatic nitrogens is 2. The smallest absolute Gasteiger partial charge is 0.338 e. The number of hydrogen-bond donors (Lipinski definition) is 2. The highest BCUT2D eigenvalue weighted by atomic mass is 16.5. The Morgan fingerprint density at radius 2 is 2.00 bits per heavy atom. The number of benzene rings is 1. The van der Waals surface area contributed by atoms with Gasteiger partial charge in [0.15, 0.2) is 11.9 Å². The Balaban J connectivity index is 1.70. The van der Waals surface area contributed by atoms with Crippen LogP contribution in [0.25, 0.3) is 10.9 Å². The van der Waals surface area contributed by atoms with E-state index in [1.165, 1.54) is 6.92 Å². The Morgan fingerprint density at radius 1 is 1.24 bits per heavy atom. The van der Waals surface area contributed by atoms with E-state index in [9.17, 15) is 9.59 Å². The fraction of sp³-hybridized carbons (Fsp3) is 0.278. The standard InChI is InChI=1S/C18H19N3O4/c1-9-7-16(21-25-9)20-17(22)12(4)24-18(23)13-5-6-15-14(8-13)10(2)11(3)19-15/h5-8,12,19H,1-4H3,(H,20,21,22)/t12-/m1/s1. The van der Waals surface area contributed by atoms with Crippen molar-refractivity contribution in [2.75, 3.05) is 5.32 Å². The molecule has 1 atom stereocenters. The van der Waals surface area contributed by atoms with E-state index in [1.54, 1.807) is 25.1 Å². The van der Waals surface area contributed by atoms with E-state index < -0.39 is 18.0 Å². The number of anilines is 1. The molecule has 25 heavy (non-hydrogen) atoms. The molecule has 0 unspecified atom stereocenters. The fourth-order valence-corrected chi connectivity index (χ4v) is 2.52. The third-order valence-corrected chi connectivity index (χ3v) is 4.08. The minimum Gasteiger partial charge on any atom is -0.449 e. The molecule has 3 rings (SSSR count). The summed E-state index contributed by atoms with van der Waals surface area (Å²) in [6.45, 7) is 7.18. The molecule has 0 aliphatic heterocycles. The maximum absolute atomic E-state index is 12.3. The van der Waals surface area contributed by atoms with Crippen molar-refractivity contribution in [3.05, 3.63) is 46.8 Å². The minimum absolute atomic E-state index is 0.283. The lowest BCUT2D eigenvalue weighted by Gasteiger charge is -2.12. The van der Waals surface area contributed by atoms with Crippen LogP contribution in [0.2, 0.25) is 0 Å². The first-order valence-electron chi connectivity index (χ1n) is 7.89. The Morgan fingerprint density at radius 3 is 2.68 bits per heavy atom. The Kier molecular flexibility index (Phi) is 4.31. The second-order valence-electron chi connectivity index (χ2n) is 5.99. The molecule has 0 aliphatic carbocycles. The van der Waals surface area contributed by atoms with Crippen molar-refractivity contribution in [3.8, 4) is 0 Å². The van der Waals surface area contributed by atoms with Gasteiger partial charge in [-0.05, 0) is 51.5 Å². The van der Waals surface area contributed by atoms with Gasteiger partial charge in [0.25, 0.3) is 5.91 Å². The average molecular weight is 341 g/mol. The molecular weight excluding hydrogens is 322 g/mol. The number of aromatic amines is 1. The second-order valence-corrected chi connectivity index (χ2v) is 5.99. The van der Waals surface area contributed by atoms with E-state index in [1.807, 2.05) is 19.9 Å². The predicted octanol–water partition coefficient (Wildman–Crippen LogP) is 3.27. The van der Waals surface area contributed by atoms with Gasteiger partial charge < -0.3 is 19.6 Å². The van der Waals surface area contributed by atoms with Crippen molar-refractivity contribution >= 4 is 28.6 Å².